The smallest absolute Gasteiger partial charge is 0.412 e. The summed E-state index contributed by atoms with van der Waals surface area (Å²) in [5.41, 5.74) is 1.03. The lowest BCUT2D eigenvalue weighted by Crippen LogP contribution is -2.27. The monoisotopic (exact) mass is 266 g/mol. The van der Waals surface area contributed by atoms with E-state index in [0.717, 1.165) is 5.56 Å². The molecule has 1 rings (SSSR count). The summed E-state index contributed by atoms with van der Waals surface area (Å²) in [7, 11) is 0. The molecule has 1 N–H and O–H groups in total. The molecule has 1 amide bonds. The molecule has 0 atom stereocenters. The first-order chi connectivity index (χ1) is 8.60. The van der Waals surface area contributed by atoms with Crippen LogP contribution in [0, 0.1) is 24.0 Å². The van der Waals surface area contributed by atoms with E-state index in [-0.39, 0.29) is 5.69 Å². The zero-order valence-corrected chi connectivity index (χ0v) is 11.7. The Labute approximate surface area is 111 Å². The number of nitrogens with one attached hydrogen (secondary N) is 1. The summed E-state index contributed by atoms with van der Waals surface area (Å²) >= 11 is 0. The zero-order chi connectivity index (χ0) is 14.8. The number of carbonyl (C=O) groups excluding carboxylic acids is 1. The molecule has 0 saturated heterocycles. The maximum atomic E-state index is 11.6. The third kappa shape index (κ3) is 4.24. The van der Waals surface area contributed by atoms with Crippen molar-refractivity contribution in [2.24, 2.45) is 0 Å². The molecule has 19 heavy (non-hydrogen) atoms. The standard InChI is InChI=1S/C13H18N2O4/c1-8-6-10(7-11(9(8)2)15(17)18)14-12(16)19-13(3,4)5/h6-7H,1-5H3,(H,14,16). The second kappa shape index (κ2) is 5.26. The van der Waals surface area contributed by atoms with E-state index in [2.05, 4.69) is 5.32 Å². The van der Waals surface area contributed by atoms with Crippen molar-refractivity contribution in [1.82, 2.24) is 0 Å². The number of nitro benzene ring substituents is 1. The van der Waals surface area contributed by atoms with Crippen molar-refractivity contribution in [3.05, 3.63) is 33.4 Å². The highest BCUT2D eigenvalue weighted by atomic mass is 16.6. The quantitative estimate of drug-likeness (QED) is 0.655. The van der Waals surface area contributed by atoms with Crippen LogP contribution < -0.4 is 5.32 Å². The molecule has 104 valence electrons. The van der Waals surface area contributed by atoms with Gasteiger partial charge in [0.05, 0.1) is 10.6 Å². The van der Waals surface area contributed by atoms with Crippen molar-refractivity contribution in [2.45, 2.75) is 40.2 Å². The van der Waals surface area contributed by atoms with Gasteiger partial charge in [-0.2, -0.15) is 0 Å². The summed E-state index contributed by atoms with van der Waals surface area (Å²) in [5.74, 6) is 0. The molecular weight excluding hydrogens is 248 g/mol. The van der Waals surface area contributed by atoms with E-state index in [1.165, 1.54) is 6.07 Å². The lowest BCUT2D eigenvalue weighted by atomic mass is 10.1. The fourth-order valence-electron chi connectivity index (χ4n) is 1.52. The molecule has 0 spiro atoms. The number of ether oxygens (including phenoxy) is 1. The van der Waals surface area contributed by atoms with Crippen LogP contribution >= 0.6 is 0 Å². The minimum absolute atomic E-state index is 0.0222. The average Bonchev–Trinajstić information content (AvgIpc) is 2.19. The summed E-state index contributed by atoms with van der Waals surface area (Å²) in [6.45, 7) is 8.66. The molecule has 0 aliphatic rings. The second-order valence-corrected chi connectivity index (χ2v) is 5.32. The molecule has 6 nitrogen and oxygen atoms in total. The first-order valence-corrected chi connectivity index (χ1v) is 5.86. The molecule has 0 aliphatic carbocycles. The van der Waals surface area contributed by atoms with Gasteiger partial charge in [0.1, 0.15) is 5.60 Å². The van der Waals surface area contributed by atoms with E-state index >= 15 is 0 Å². The van der Waals surface area contributed by atoms with Crippen LogP contribution in [0.4, 0.5) is 16.2 Å². The van der Waals surface area contributed by atoms with Crippen LogP contribution in [0.2, 0.25) is 0 Å². The van der Waals surface area contributed by atoms with Gasteiger partial charge in [0.2, 0.25) is 0 Å². The molecule has 0 fully saturated rings. The SMILES string of the molecule is Cc1cc(NC(=O)OC(C)(C)C)cc([N+](=O)[O-])c1C. The molecule has 0 unspecified atom stereocenters. The number of nitrogens with zero attached hydrogens (tertiary/aromatic N) is 1. The van der Waals surface area contributed by atoms with Crippen molar-refractivity contribution in [3.8, 4) is 0 Å². The highest BCUT2D eigenvalue weighted by Gasteiger charge is 2.19. The van der Waals surface area contributed by atoms with E-state index in [0.29, 0.717) is 11.3 Å². The maximum Gasteiger partial charge on any atom is 0.412 e. The van der Waals surface area contributed by atoms with Gasteiger partial charge in [0.25, 0.3) is 5.69 Å². The summed E-state index contributed by atoms with van der Waals surface area (Å²) in [6, 6.07) is 3.00. The summed E-state index contributed by atoms with van der Waals surface area (Å²) < 4.78 is 5.09. The van der Waals surface area contributed by atoms with Gasteiger partial charge in [-0.25, -0.2) is 4.79 Å². The number of aryl methyl sites for hydroxylation is 1. The topological polar surface area (TPSA) is 81.5 Å². The Morgan fingerprint density at radius 2 is 1.89 bits per heavy atom. The lowest BCUT2D eigenvalue weighted by Gasteiger charge is -2.19. The summed E-state index contributed by atoms with van der Waals surface area (Å²) in [4.78, 5) is 22.0. The molecule has 0 aromatic heterocycles. The van der Waals surface area contributed by atoms with Crippen LogP contribution in [0.3, 0.4) is 0 Å². The first kappa shape index (κ1) is 14.9. The Bertz CT molecular complexity index is 518. The third-order valence-electron chi connectivity index (χ3n) is 2.48. The van der Waals surface area contributed by atoms with Crippen molar-refractivity contribution in [2.75, 3.05) is 5.32 Å². The normalized spacial score (nSPS) is 11.0. The van der Waals surface area contributed by atoms with Crippen LogP contribution in [-0.2, 0) is 4.74 Å². The van der Waals surface area contributed by atoms with Gasteiger partial charge in [-0.05, 0) is 46.2 Å². The lowest BCUT2D eigenvalue weighted by molar-refractivity contribution is -0.385. The molecule has 0 saturated carbocycles. The van der Waals surface area contributed by atoms with Gasteiger partial charge in [0.15, 0.2) is 0 Å². The van der Waals surface area contributed by atoms with Gasteiger partial charge in [-0.1, -0.05) is 0 Å². The fraction of sp³-hybridized carbons (Fsp3) is 0.462. The van der Waals surface area contributed by atoms with Gasteiger partial charge < -0.3 is 4.74 Å². The molecule has 6 heteroatoms. The van der Waals surface area contributed by atoms with Crippen molar-refractivity contribution < 1.29 is 14.5 Å². The van der Waals surface area contributed by atoms with Gasteiger partial charge in [0, 0.05) is 11.6 Å². The van der Waals surface area contributed by atoms with Crippen LogP contribution in [-0.4, -0.2) is 16.6 Å². The highest BCUT2D eigenvalue weighted by Crippen LogP contribution is 2.26. The Hall–Kier alpha value is -2.11. The molecule has 1 aromatic carbocycles. The number of anilines is 1. The van der Waals surface area contributed by atoms with E-state index in [1.54, 1.807) is 40.7 Å². The first-order valence-electron chi connectivity index (χ1n) is 5.86. The van der Waals surface area contributed by atoms with Crippen LogP contribution in [0.5, 0.6) is 0 Å². The summed E-state index contributed by atoms with van der Waals surface area (Å²) in [6.07, 6.45) is -0.634. The Balaban J connectivity index is 2.97. The number of carbonyl (C=O) groups is 1. The van der Waals surface area contributed by atoms with Crippen LogP contribution in [0.25, 0.3) is 0 Å². The summed E-state index contributed by atoms with van der Waals surface area (Å²) in [5, 5.41) is 13.4. The largest absolute Gasteiger partial charge is 0.444 e. The molecular formula is C13H18N2O4. The third-order valence-corrected chi connectivity index (χ3v) is 2.48. The van der Waals surface area contributed by atoms with E-state index in [1.807, 2.05) is 0 Å². The maximum absolute atomic E-state index is 11.6. The van der Waals surface area contributed by atoms with Crippen molar-refractivity contribution >= 4 is 17.5 Å². The van der Waals surface area contributed by atoms with E-state index < -0.39 is 16.6 Å². The Morgan fingerprint density at radius 1 is 1.32 bits per heavy atom. The average molecular weight is 266 g/mol. The highest BCUT2D eigenvalue weighted by molar-refractivity contribution is 5.85. The number of nitro groups is 1. The van der Waals surface area contributed by atoms with Crippen LogP contribution in [0.1, 0.15) is 31.9 Å². The molecule has 1 aromatic rings. The van der Waals surface area contributed by atoms with Crippen molar-refractivity contribution in [1.29, 1.82) is 0 Å². The predicted octanol–water partition coefficient (Wildman–Crippen LogP) is 3.56. The van der Waals surface area contributed by atoms with Gasteiger partial charge >= 0.3 is 6.09 Å². The Kier molecular flexibility index (Phi) is 4.14. The molecule has 0 bridgehead atoms. The van der Waals surface area contributed by atoms with E-state index in [4.69, 9.17) is 4.74 Å². The van der Waals surface area contributed by atoms with Crippen LogP contribution in [0.15, 0.2) is 12.1 Å². The molecule has 0 heterocycles. The number of benzene rings is 1. The Morgan fingerprint density at radius 3 is 2.37 bits per heavy atom. The number of rotatable bonds is 2. The van der Waals surface area contributed by atoms with Gasteiger partial charge in [-0.3, -0.25) is 15.4 Å². The molecule has 0 radical (unpaired) electrons. The predicted molar refractivity (Wildman–Crippen MR) is 72.4 cm³/mol. The molecule has 0 aliphatic heterocycles. The van der Waals surface area contributed by atoms with Crippen molar-refractivity contribution in [3.63, 3.8) is 0 Å². The number of hydrogen-bond acceptors (Lipinski definition) is 4. The zero-order valence-electron chi connectivity index (χ0n) is 11.7. The fourth-order valence-corrected chi connectivity index (χ4v) is 1.52. The van der Waals surface area contributed by atoms with Gasteiger partial charge in [-0.15, -0.1) is 0 Å². The van der Waals surface area contributed by atoms with E-state index in [9.17, 15) is 14.9 Å². The second-order valence-electron chi connectivity index (χ2n) is 5.32. The minimum atomic E-state index is -0.634. The number of amides is 1. The number of hydrogen-bond donors (Lipinski definition) is 1. The minimum Gasteiger partial charge on any atom is -0.444 e.